The summed E-state index contributed by atoms with van der Waals surface area (Å²) in [6, 6.07) is 13.5. The van der Waals surface area contributed by atoms with Crippen LogP contribution in [0.4, 0.5) is 4.39 Å². The Bertz CT molecular complexity index is 702. The molecule has 0 aromatic heterocycles. The lowest BCUT2D eigenvalue weighted by Crippen LogP contribution is -2.43. The van der Waals surface area contributed by atoms with E-state index in [1.165, 1.54) is 12.1 Å². The summed E-state index contributed by atoms with van der Waals surface area (Å²) in [4.78, 5) is 2.21. The molecule has 5 nitrogen and oxygen atoms in total. The molecule has 0 amide bonds. The number of rotatable bonds is 8. The van der Waals surface area contributed by atoms with E-state index in [-0.39, 0.29) is 18.5 Å². The largest absolute Gasteiger partial charge is 0.493 e. The van der Waals surface area contributed by atoms with Gasteiger partial charge < -0.3 is 24.2 Å². The van der Waals surface area contributed by atoms with Gasteiger partial charge >= 0.3 is 0 Å². The highest BCUT2D eigenvalue weighted by Crippen LogP contribution is 2.26. The molecule has 146 valence electrons. The fourth-order valence-electron chi connectivity index (χ4n) is 3.19. The summed E-state index contributed by atoms with van der Waals surface area (Å²) in [6.45, 7) is 2.46. The lowest BCUT2D eigenvalue weighted by Gasteiger charge is -2.33. The Hall–Kier alpha value is -2.31. The molecule has 1 aliphatic rings. The van der Waals surface area contributed by atoms with Crippen LogP contribution in [-0.4, -0.2) is 55.6 Å². The van der Waals surface area contributed by atoms with E-state index in [1.807, 2.05) is 24.3 Å². The summed E-state index contributed by atoms with van der Waals surface area (Å²) >= 11 is 0. The molecule has 2 aromatic carbocycles. The van der Waals surface area contributed by atoms with Crippen molar-refractivity contribution in [2.24, 2.45) is 0 Å². The van der Waals surface area contributed by atoms with Crippen molar-refractivity contribution in [3.63, 3.8) is 0 Å². The number of para-hydroxylation sites is 2. The summed E-state index contributed by atoms with van der Waals surface area (Å²) in [5.41, 5.74) is 0. The van der Waals surface area contributed by atoms with Gasteiger partial charge in [-0.05, 0) is 49.2 Å². The lowest BCUT2D eigenvalue weighted by atomic mass is 10.1. The fourth-order valence-corrected chi connectivity index (χ4v) is 3.19. The molecule has 1 heterocycles. The predicted molar refractivity (Wildman–Crippen MR) is 101 cm³/mol. The summed E-state index contributed by atoms with van der Waals surface area (Å²) in [6.07, 6.45) is 1.28. The van der Waals surface area contributed by atoms with Crippen molar-refractivity contribution in [3.05, 3.63) is 54.3 Å². The van der Waals surface area contributed by atoms with Crippen molar-refractivity contribution in [1.82, 2.24) is 4.90 Å². The minimum absolute atomic E-state index is 0.119. The average Bonchev–Trinajstić information content (AvgIpc) is 2.70. The lowest BCUT2D eigenvalue weighted by molar-refractivity contribution is 0.0396. The highest BCUT2D eigenvalue weighted by molar-refractivity contribution is 5.39. The van der Waals surface area contributed by atoms with Crippen LogP contribution < -0.4 is 14.2 Å². The van der Waals surface area contributed by atoms with E-state index in [0.29, 0.717) is 23.8 Å². The minimum atomic E-state index is -0.579. The first-order chi connectivity index (χ1) is 13.1. The third-order valence-electron chi connectivity index (χ3n) is 4.62. The predicted octanol–water partition coefficient (Wildman–Crippen LogP) is 3.12. The molecule has 0 aliphatic carbocycles. The van der Waals surface area contributed by atoms with Crippen molar-refractivity contribution in [2.45, 2.75) is 25.0 Å². The fraction of sp³-hybridized carbons (Fsp3) is 0.429. The number of halogens is 1. The highest BCUT2D eigenvalue weighted by atomic mass is 19.1. The second kappa shape index (κ2) is 9.58. The summed E-state index contributed by atoms with van der Waals surface area (Å²) < 4.78 is 29.8. The Morgan fingerprint density at radius 3 is 2.41 bits per heavy atom. The number of nitrogens with zero attached hydrogens (tertiary/aromatic N) is 1. The van der Waals surface area contributed by atoms with Gasteiger partial charge in [-0.1, -0.05) is 12.1 Å². The number of benzene rings is 2. The van der Waals surface area contributed by atoms with E-state index in [4.69, 9.17) is 14.2 Å². The van der Waals surface area contributed by atoms with Gasteiger partial charge in [0.1, 0.15) is 30.4 Å². The van der Waals surface area contributed by atoms with E-state index in [0.717, 1.165) is 25.9 Å². The summed E-state index contributed by atoms with van der Waals surface area (Å²) in [5.74, 6) is 1.72. The zero-order valence-corrected chi connectivity index (χ0v) is 15.5. The molecule has 3 rings (SSSR count). The van der Waals surface area contributed by atoms with Crippen LogP contribution in [0.15, 0.2) is 48.5 Å². The minimum Gasteiger partial charge on any atom is -0.493 e. The normalized spacial score (nSPS) is 16.7. The maximum atomic E-state index is 12.9. The van der Waals surface area contributed by atoms with Gasteiger partial charge in [-0.2, -0.15) is 0 Å². The molecule has 1 fully saturated rings. The van der Waals surface area contributed by atoms with Crippen LogP contribution in [0.2, 0.25) is 0 Å². The van der Waals surface area contributed by atoms with Gasteiger partial charge in [0.25, 0.3) is 0 Å². The zero-order chi connectivity index (χ0) is 19.1. The average molecular weight is 375 g/mol. The molecule has 6 heteroatoms. The van der Waals surface area contributed by atoms with E-state index in [1.54, 1.807) is 19.2 Å². The van der Waals surface area contributed by atoms with Crippen LogP contribution in [-0.2, 0) is 0 Å². The molecule has 0 radical (unpaired) electrons. The van der Waals surface area contributed by atoms with Gasteiger partial charge in [-0.25, -0.2) is 4.39 Å². The van der Waals surface area contributed by atoms with Gasteiger partial charge in [0.2, 0.25) is 0 Å². The SMILES string of the molecule is COc1ccccc1OCC(O)CN1CCC(Oc2ccc(F)cc2)CC1. The molecule has 1 atom stereocenters. The number of methoxy groups -OCH3 is 1. The Balaban J connectivity index is 1.39. The number of piperidine rings is 1. The molecule has 1 aliphatic heterocycles. The number of aliphatic hydroxyl groups excluding tert-OH is 1. The molecule has 1 saturated heterocycles. The molecule has 0 spiro atoms. The maximum Gasteiger partial charge on any atom is 0.161 e. The van der Waals surface area contributed by atoms with Gasteiger partial charge in [0.15, 0.2) is 11.5 Å². The first-order valence-electron chi connectivity index (χ1n) is 9.22. The van der Waals surface area contributed by atoms with E-state index >= 15 is 0 Å². The second-order valence-corrected chi connectivity index (χ2v) is 6.69. The third-order valence-corrected chi connectivity index (χ3v) is 4.62. The second-order valence-electron chi connectivity index (χ2n) is 6.69. The van der Waals surface area contributed by atoms with E-state index < -0.39 is 6.10 Å². The number of β-amino-alcohol motifs (C(OH)–C–C–N with tert-alkyl or cyclic N) is 1. The third kappa shape index (κ3) is 5.84. The Labute approximate surface area is 159 Å². The van der Waals surface area contributed by atoms with Crippen molar-refractivity contribution in [2.75, 3.05) is 33.4 Å². The van der Waals surface area contributed by atoms with Gasteiger partial charge in [0, 0.05) is 19.6 Å². The van der Waals surface area contributed by atoms with Crippen LogP contribution in [0.1, 0.15) is 12.8 Å². The van der Waals surface area contributed by atoms with Crippen LogP contribution >= 0.6 is 0 Å². The quantitative estimate of drug-likeness (QED) is 0.768. The molecule has 1 unspecified atom stereocenters. The van der Waals surface area contributed by atoms with Crippen molar-refractivity contribution in [1.29, 1.82) is 0 Å². The molecule has 0 bridgehead atoms. The molecular formula is C21H26FNO4. The molecule has 27 heavy (non-hydrogen) atoms. The van der Waals surface area contributed by atoms with Crippen LogP contribution in [0.25, 0.3) is 0 Å². The Morgan fingerprint density at radius 1 is 1.07 bits per heavy atom. The van der Waals surface area contributed by atoms with Crippen LogP contribution in [0, 0.1) is 5.82 Å². The zero-order valence-electron chi connectivity index (χ0n) is 15.5. The van der Waals surface area contributed by atoms with Crippen molar-refractivity contribution < 1.29 is 23.7 Å². The van der Waals surface area contributed by atoms with Crippen LogP contribution in [0.3, 0.4) is 0 Å². The Kier molecular flexibility index (Phi) is 6.90. The van der Waals surface area contributed by atoms with Gasteiger partial charge in [-0.3, -0.25) is 0 Å². The Morgan fingerprint density at radius 2 is 1.74 bits per heavy atom. The first-order valence-corrected chi connectivity index (χ1v) is 9.22. The summed E-state index contributed by atoms with van der Waals surface area (Å²) in [5, 5.41) is 10.3. The molecular weight excluding hydrogens is 349 g/mol. The van der Waals surface area contributed by atoms with Crippen molar-refractivity contribution >= 4 is 0 Å². The number of likely N-dealkylation sites (tertiary alicyclic amines) is 1. The van der Waals surface area contributed by atoms with Crippen LogP contribution in [0.5, 0.6) is 17.2 Å². The van der Waals surface area contributed by atoms with Crippen molar-refractivity contribution in [3.8, 4) is 17.2 Å². The monoisotopic (exact) mass is 375 g/mol. The molecule has 2 aromatic rings. The van der Waals surface area contributed by atoms with Gasteiger partial charge in [-0.15, -0.1) is 0 Å². The standard InChI is InChI=1S/C21H26FNO4/c1-25-20-4-2-3-5-21(20)26-15-17(24)14-23-12-10-19(11-13-23)27-18-8-6-16(22)7-9-18/h2-9,17,19,24H,10-15H2,1H3. The van der Waals surface area contributed by atoms with E-state index in [2.05, 4.69) is 4.90 Å². The number of aliphatic hydroxyl groups is 1. The number of hydrogen-bond donors (Lipinski definition) is 1. The first kappa shape index (κ1) is 19.5. The number of ether oxygens (including phenoxy) is 3. The topological polar surface area (TPSA) is 51.2 Å². The molecule has 0 saturated carbocycles. The smallest absolute Gasteiger partial charge is 0.161 e. The summed E-state index contributed by atoms with van der Waals surface area (Å²) in [7, 11) is 1.59. The maximum absolute atomic E-state index is 12.9. The highest BCUT2D eigenvalue weighted by Gasteiger charge is 2.22. The number of hydrogen-bond acceptors (Lipinski definition) is 5. The van der Waals surface area contributed by atoms with Gasteiger partial charge in [0.05, 0.1) is 7.11 Å². The molecule has 1 N–H and O–H groups in total. The van der Waals surface area contributed by atoms with E-state index in [9.17, 15) is 9.50 Å².